The van der Waals surface area contributed by atoms with E-state index in [9.17, 15) is 0 Å². The maximum absolute atomic E-state index is 6.20. The quantitative estimate of drug-likeness (QED) is 0.922. The first kappa shape index (κ1) is 15.0. The Balaban J connectivity index is 1.84. The van der Waals surface area contributed by atoms with Gasteiger partial charge in [-0.15, -0.1) is 0 Å². The number of hydrogen-bond donors (Lipinski definition) is 1. The Hall–Kier alpha value is -0.940. The van der Waals surface area contributed by atoms with Crippen LogP contribution in [-0.4, -0.2) is 40.2 Å². The molecule has 1 aliphatic heterocycles. The molecule has 0 radical (unpaired) electrons. The van der Waals surface area contributed by atoms with E-state index < -0.39 is 0 Å². The van der Waals surface area contributed by atoms with Gasteiger partial charge >= 0.3 is 0 Å². The van der Waals surface area contributed by atoms with Crippen LogP contribution in [0, 0.1) is 5.92 Å². The van der Waals surface area contributed by atoms with Crippen LogP contribution in [0.15, 0.2) is 4.52 Å². The van der Waals surface area contributed by atoms with Crippen molar-refractivity contribution in [1.82, 2.24) is 15.0 Å². The van der Waals surface area contributed by atoms with Gasteiger partial charge < -0.3 is 15.2 Å². The van der Waals surface area contributed by atoms with Crippen molar-refractivity contribution in [2.75, 3.05) is 19.6 Å². The molecule has 0 bridgehead atoms. The second-order valence-electron chi connectivity index (χ2n) is 8.02. The summed E-state index contributed by atoms with van der Waals surface area (Å²) >= 11 is 0. The Morgan fingerprint density at radius 3 is 2.86 bits per heavy atom. The van der Waals surface area contributed by atoms with Crippen LogP contribution < -0.4 is 5.73 Å². The topological polar surface area (TPSA) is 68.2 Å². The van der Waals surface area contributed by atoms with Gasteiger partial charge in [-0.2, -0.15) is 4.98 Å². The highest BCUT2D eigenvalue weighted by molar-refractivity contribution is 5.18. The van der Waals surface area contributed by atoms with E-state index in [1.165, 1.54) is 19.3 Å². The van der Waals surface area contributed by atoms with Crippen LogP contribution in [0.1, 0.15) is 64.6 Å². The van der Waals surface area contributed by atoms with Gasteiger partial charge in [-0.05, 0) is 32.6 Å². The van der Waals surface area contributed by atoms with Gasteiger partial charge in [-0.3, -0.25) is 0 Å². The molecule has 2 aliphatic rings. The summed E-state index contributed by atoms with van der Waals surface area (Å²) in [6.07, 6.45) is 3.70. The molecule has 0 spiro atoms. The van der Waals surface area contributed by atoms with Crippen LogP contribution in [0.5, 0.6) is 0 Å². The minimum atomic E-state index is -0.155. The van der Waals surface area contributed by atoms with Crippen molar-refractivity contribution in [2.24, 2.45) is 11.7 Å². The molecule has 0 amide bonds. The molecule has 1 aliphatic carbocycles. The maximum atomic E-state index is 6.20. The van der Waals surface area contributed by atoms with Crippen molar-refractivity contribution in [1.29, 1.82) is 0 Å². The van der Waals surface area contributed by atoms with Crippen molar-refractivity contribution in [3.8, 4) is 0 Å². The van der Waals surface area contributed by atoms with Gasteiger partial charge in [0.25, 0.3) is 0 Å². The molecule has 0 aromatic carbocycles. The molecule has 5 heteroatoms. The molecule has 2 atom stereocenters. The highest BCUT2D eigenvalue weighted by Crippen LogP contribution is 2.50. The van der Waals surface area contributed by atoms with Crippen LogP contribution in [0.25, 0.3) is 0 Å². The highest BCUT2D eigenvalue weighted by atomic mass is 16.5. The van der Waals surface area contributed by atoms with E-state index in [-0.39, 0.29) is 11.0 Å². The molecule has 3 rings (SSSR count). The molecule has 2 heterocycles. The van der Waals surface area contributed by atoms with Crippen molar-refractivity contribution >= 4 is 0 Å². The van der Waals surface area contributed by atoms with E-state index in [4.69, 9.17) is 15.2 Å². The molecule has 118 valence electrons. The Bertz CT molecular complexity index is 505. The van der Waals surface area contributed by atoms with E-state index >= 15 is 0 Å². The van der Waals surface area contributed by atoms with Crippen LogP contribution in [0.3, 0.4) is 0 Å². The monoisotopic (exact) mass is 292 g/mol. The zero-order chi connectivity index (χ0) is 15.3. The number of rotatable bonds is 4. The SMILES string of the molecule is CC(C)c1noc([C@@]23CCC[C@@H]2CN(CC(C)(C)N)C3)n1. The Morgan fingerprint density at radius 1 is 1.48 bits per heavy atom. The number of hydrogen-bond acceptors (Lipinski definition) is 5. The van der Waals surface area contributed by atoms with Gasteiger partial charge in [0.15, 0.2) is 5.82 Å². The third-order valence-electron chi connectivity index (χ3n) is 4.96. The van der Waals surface area contributed by atoms with Crippen LogP contribution in [0.2, 0.25) is 0 Å². The number of nitrogens with zero attached hydrogens (tertiary/aromatic N) is 3. The van der Waals surface area contributed by atoms with Gasteiger partial charge in [-0.1, -0.05) is 25.4 Å². The van der Waals surface area contributed by atoms with Gasteiger partial charge in [0, 0.05) is 31.1 Å². The molecule has 1 aromatic rings. The summed E-state index contributed by atoms with van der Waals surface area (Å²) in [5.74, 6) is 2.66. The average Bonchev–Trinajstić information content (AvgIpc) is 2.97. The van der Waals surface area contributed by atoms with Crippen LogP contribution >= 0.6 is 0 Å². The van der Waals surface area contributed by atoms with Crippen molar-refractivity contribution in [3.63, 3.8) is 0 Å². The Morgan fingerprint density at radius 2 is 2.24 bits per heavy atom. The summed E-state index contributed by atoms with van der Waals surface area (Å²) in [5, 5.41) is 4.19. The lowest BCUT2D eigenvalue weighted by atomic mass is 9.80. The molecule has 1 aromatic heterocycles. The molecule has 5 nitrogen and oxygen atoms in total. The standard InChI is InChI=1S/C16H28N4O/c1-11(2)13-18-14(21-19-13)16-7-5-6-12(16)8-20(10-16)9-15(3,4)17/h11-12H,5-10,17H2,1-4H3/t12-,16-/m1/s1. The fraction of sp³-hybridized carbons (Fsp3) is 0.875. The normalized spacial score (nSPS) is 30.3. The number of nitrogens with two attached hydrogens (primary N) is 1. The third-order valence-corrected chi connectivity index (χ3v) is 4.96. The van der Waals surface area contributed by atoms with Crippen molar-refractivity contribution < 1.29 is 4.52 Å². The lowest BCUT2D eigenvalue weighted by Crippen LogP contribution is -2.45. The predicted molar refractivity (Wildman–Crippen MR) is 82.1 cm³/mol. The van der Waals surface area contributed by atoms with Gasteiger partial charge in [0.2, 0.25) is 5.89 Å². The Labute approximate surface area is 127 Å². The van der Waals surface area contributed by atoms with E-state index in [2.05, 4.69) is 37.8 Å². The van der Waals surface area contributed by atoms with Crippen molar-refractivity contribution in [2.45, 2.75) is 63.8 Å². The Kier molecular flexibility index (Phi) is 3.61. The van der Waals surface area contributed by atoms with E-state index in [0.29, 0.717) is 11.8 Å². The zero-order valence-corrected chi connectivity index (χ0v) is 13.7. The third kappa shape index (κ3) is 2.73. The summed E-state index contributed by atoms with van der Waals surface area (Å²) in [5.41, 5.74) is 6.12. The van der Waals surface area contributed by atoms with E-state index in [0.717, 1.165) is 31.3 Å². The lowest BCUT2D eigenvalue weighted by Gasteiger charge is -2.28. The zero-order valence-electron chi connectivity index (χ0n) is 13.7. The van der Waals surface area contributed by atoms with Gasteiger partial charge in [0.1, 0.15) is 0 Å². The van der Waals surface area contributed by atoms with Gasteiger partial charge in [0.05, 0.1) is 5.41 Å². The first-order chi connectivity index (χ1) is 9.80. The van der Waals surface area contributed by atoms with Crippen molar-refractivity contribution in [3.05, 3.63) is 11.7 Å². The number of fused-ring (bicyclic) bond motifs is 1. The van der Waals surface area contributed by atoms with Crippen LogP contribution in [-0.2, 0) is 5.41 Å². The second-order valence-corrected chi connectivity index (χ2v) is 8.02. The molecule has 2 N–H and O–H groups in total. The number of aromatic nitrogens is 2. The predicted octanol–water partition coefficient (Wildman–Crippen LogP) is 2.28. The number of likely N-dealkylation sites (tertiary alicyclic amines) is 1. The van der Waals surface area contributed by atoms with Gasteiger partial charge in [-0.25, -0.2) is 0 Å². The molecule has 0 unspecified atom stereocenters. The summed E-state index contributed by atoms with van der Waals surface area (Å²) in [6.45, 7) is 11.5. The molecule has 21 heavy (non-hydrogen) atoms. The molecular formula is C16H28N4O. The summed E-state index contributed by atoms with van der Waals surface area (Å²) < 4.78 is 5.67. The summed E-state index contributed by atoms with van der Waals surface area (Å²) in [6, 6.07) is 0. The molecular weight excluding hydrogens is 264 g/mol. The summed E-state index contributed by atoms with van der Waals surface area (Å²) in [4.78, 5) is 7.21. The fourth-order valence-electron chi connectivity index (χ4n) is 4.11. The minimum Gasteiger partial charge on any atom is -0.339 e. The fourth-order valence-corrected chi connectivity index (χ4v) is 4.11. The maximum Gasteiger partial charge on any atom is 0.234 e. The largest absolute Gasteiger partial charge is 0.339 e. The van der Waals surface area contributed by atoms with Crippen LogP contribution in [0.4, 0.5) is 0 Å². The smallest absolute Gasteiger partial charge is 0.234 e. The highest BCUT2D eigenvalue weighted by Gasteiger charge is 2.54. The van der Waals surface area contributed by atoms with E-state index in [1.807, 2.05) is 0 Å². The minimum absolute atomic E-state index is 0.0748. The second kappa shape index (κ2) is 5.06. The molecule has 1 saturated heterocycles. The first-order valence-electron chi connectivity index (χ1n) is 8.15. The first-order valence-corrected chi connectivity index (χ1v) is 8.15. The van der Waals surface area contributed by atoms with E-state index in [1.54, 1.807) is 0 Å². The molecule has 1 saturated carbocycles. The average molecular weight is 292 g/mol. The lowest BCUT2D eigenvalue weighted by molar-refractivity contribution is 0.227. The molecule has 2 fully saturated rings. The summed E-state index contributed by atoms with van der Waals surface area (Å²) in [7, 11) is 0.